The van der Waals surface area contributed by atoms with E-state index >= 15 is 0 Å². The summed E-state index contributed by atoms with van der Waals surface area (Å²) in [5.41, 5.74) is 1.47. The molecule has 6 nitrogen and oxygen atoms in total. The lowest BCUT2D eigenvalue weighted by molar-refractivity contribution is 0.0982. The zero-order valence-electron chi connectivity index (χ0n) is 19.9. The maximum Gasteiger partial charge on any atom is 0.263 e. The molecule has 1 heterocycles. The predicted octanol–water partition coefficient (Wildman–Crippen LogP) is 5.77. The van der Waals surface area contributed by atoms with Gasteiger partial charge in [-0.2, -0.15) is 0 Å². The maximum atomic E-state index is 14.4. The van der Waals surface area contributed by atoms with Crippen LogP contribution in [0.1, 0.15) is 30.6 Å². The molecule has 1 amide bonds. The lowest BCUT2D eigenvalue weighted by Gasteiger charge is -2.23. The van der Waals surface area contributed by atoms with E-state index in [0.717, 1.165) is 31.6 Å². The molecule has 0 saturated carbocycles. The van der Waals surface area contributed by atoms with Crippen molar-refractivity contribution in [1.82, 2.24) is 9.88 Å². The molecule has 1 aromatic heterocycles. The highest BCUT2D eigenvalue weighted by Crippen LogP contribution is 2.36. The Morgan fingerprint density at radius 1 is 1.06 bits per heavy atom. The SMILES string of the molecule is CCN(CC)CCCN(C(=O)c1ccccc1F)c1nc(-c2cc(OC)ccc2OC)cs1.Cl. The molecule has 0 spiro atoms. The van der Waals surface area contributed by atoms with Crippen LogP contribution in [-0.4, -0.2) is 56.2 Å². The van der Waals surface area contributed by atoms with Gasteiger partial charge in [-0.15, -0.1) is 23.7 Å². The van der Waals surface area contributed by atoms with E-state index in [1.807, 2.05) is 23.6 Å². The van der Waals surface area contributed by atoms with Gasteiger partial charge in [-0.3, -0.25) is 9.69 Å². The van der Waals surface area contributed by atoms with Gasteiger partial charge in [0.05, 0.1) is 25.5 Å². The van der Waals surface area contributed by atoms with Gasteiger partial charge in [-0.25, -0.2) is 9.37 Å². The molecule has 9 heteroatoms. The van der Waals surface area contributed by atoms with Crippen molar-refractivity contribution in [3.8, 4) is 22.8 Å². The molecule has 2 aromatic carbocycles. The van der Waals surface area contributed by atoms with Crippen molar-refractivity contribution in [3.05, 3.63) is 59.2 Å². The van der Waals surface area contributed by atoms with E-state index in [-0.39, 0.29) is 18.0 Å². The van der Waals surface area contributed by atoms with Crippen molar-refractivity contribution in [2.45, 2.75) is 20.3 Å². The van der Waals surface area contributed by atoms with Gasteiger partial charge >= 0.3 is 0 Å². The van der Waals surface area contributed by atoms with E-state index < -0.39 is 11.7 Å². The van der Waals surface area contributed by atoms with Crippen LogP contribution in [0.2, 0.25) is 0 Å². The van der Waals surface area contributed by atoms with Gasteiger partial charge < -0.3 is 14.4 Å². The number of aromatic nitrogens is 1. The summed E-state index contributed by atoms with van der Waals surface area (Å²) in [6.45, 7) is 7.38. The average Bonchev–Trinajstić information content (AvgIpc) is 3.33. The first kappa shape index (κ1) is 27.6. The van der Waals surface area contributed by atoms with Gasteiger partial charge in [0.25, 0.3) is 5.91 Å². The molecule has 3 aromatic rings. The normalized spacial score (nSPS) is 10.6. The third kappa shape index (κ3) is 6.46. The summed E-state index contributed by atoms with van der Waals surface area (Å²) in [6.07, 6.45) is 0.749. The van der Waals surface area contributed by atoms with Crippen LogP contribution in [0, 0.1) is 5.82 Å². The summed E-state index contributed by atoms with van der Waals surface area (Å²) >= 11 is 1.35. The number of carbonyl (C=O) groups excluding carboxylic acids is 1. The summed E-state index contributed by atoms with van der Waals surface area (Å²) in [5.74, 6) is 0.397. The fourth-order valence-corrected chi connectivity index (χ4v) is 4.43. The first-order valence-electron chi connectivity index (χ1n) is 11.0. The molecule has 0 aliphatic rings. The minimum absolute atomic E-state index is 0. The summed E-state index contributed by atoms with van der Waals surface area (Å²) in [7, 11) is 3.20. The van der Waals surface area contributed by atoms with Crippen molar-refractivity contribution in [3.63, 3.8) is 0 Å². The fourth-order valence-electron chi connectivity index (χ4n) is 3.58. The zero-order valence-corrected chi connectivity index (χ0v) is 21.5. The Balaban J connectivity index is 0.00000408. The topological polar surface area (TPSA) is 54.9 Å². The molecular formula is C25H31ClFN3O3S. The molecule has 3 rings (SSSR count). The van der Waals surface area contributed by atoms with Gasteiger partial charge in [0.2, 0.25) is 0 Å². The third-order valence-electron chi connectivity index (χ3n) is 5.51. The number of halogens is 2. The molecule has 0 atom stereocenters. The zero-order chi connectivity index (χ0) is 23.8. The molecule has 184 valence electrons. The monoisotopic (exact) mass is 507 g/mol. The number of amides is 1. The second kappa shape index (κ2) is 13.3. The Morgan fingerprint density at radius 3 is 2.44 bits per heavy atom. The van der Waals surface area contributed by atoms with Crippen molar-refractivity contribution >= 4 is 34.8 Å². The molecule has 0 N–H and O–H groups in total. The largest absolute Gasteiger partial charge is 0.497 e. The summed E-state index contributed by atoms with van der Waals surface area (Å²) in [5, 5.41) is 2.39. The molecule has 0 aliphatic carbocycles. The van der Waals surface area contributed by atoms with Crippen molar-refractivity contribution in [2.75, 3.05) is 45.3 Å². The van der Waals surface area contributed by atoms with Gasteiger partial charge in [0.15, 0.2) is 5.13 Å². The molecule has 34 heavy (non-hydrogen) atoms. The van der Waals surface area contributed by atoms with E-state index in [2.05, 4.69) is 18.7 Å². The first-order chi connectivity index (χ1) is 16.0. The average molecular weight is 508 g/mol. The van der Waals surface area contributed by atoms with Crippen molar-refractivity contribution < 1.29 is 18.7 Å². The van der Waals surface area contributed by atoms with Crippen LogP contribution in [0.5, 0.6) is 11.5 Å². The molecule has 0 fully saturated rings. The maximum absolute atomic E-state index is 14.4. The first-order valence-corrected chi connectivity index (χ1v) is 11.9. The summed E-state index contributed by atoms with van der Waals surface area (Å²) < 4.78 is 25.3. The second-order valence-electron chi connectivity index (χ2n) is 7.40. The van der Waals surface area contributed by atoms with Crippen molar-refractivity contribution in [2.24, 2.45) is 0 Å². The van der Waals surface area contributed by atoms with E-state index in [1.54, 1.807) is 31.3 Å². The van der Waals surface area contributed by atoms with Crippen LogP contribution < -0.4 is 14.4 Å². The second-order valence-corrected chi connectivity index (χ2v) is 8.24. The molecule has 0 saturated heterocycles. The highest BCUT2D eigenvalue weighted by molar-refractivity contribution is 7.14. The molecule has 0 radical (unpaired) electrons. The van der Waals surface area contributed by atoms with Crippen LogP contribution >= 0.6 is 23.7 Å². The van der Waals surface area contributed by atoms with E-state index in [0.29, 0.717) is 28.9 Å². The third-order valence-corrected chi connectivity index (χ3v) is 6.37. The lowest BCUT2D eigenvalue weighted by atomic mass is 10.1. The molecular weight excluding hydrogens is 477 g/mol. The lowest BCUT2D eigenvalue weighted by Crippen LogP contribution is -2.35. The van der Waals surface area contributed by atoms with E-state index in [4.69, 9.17) is 14.5 Å². The quantitative estimate of drug-likeness (QED) is 0.330. The highest BCUT2D eigenvalue weighted by Gasteiger charge is 2.24. The number of thiazole rings is 1. The van der Waals surface area contributed by atoms with Crippen LogP contribution in [0.15, 0.2) is 47.8 Å². The van der Waals surface area contributed by atoms with Crippen molar-refractivity contribution in [1.29, 1.82) is 0 Å². The van der Waals surface area contributed by atoms with Crippen LogP contribution in [-0.2, 0) is 0 Å². The number of carbonyl (C=O) groups is 1. The molecule has 0 aliphatic heterocycles. The van der Waals surface area contributed by atoms with Crippen LogP contribution in [0.25, 0.3) is 11.3 Å². The number of ether oxygens (including phenoxy) is 2. The Kier molecular flexibility index (Phi) is 10.8. The Hall–Kier alpha value is -2.68. The number of nitrogens with zero attached hydrogens (tertiary/aromatic N) is 3. The number of anilines is 1. The Bertz CT molecular complexity index is 1080. The molecule has 0 unspecified atom stereocenters. The van der Waals surface area contributed by atoms with E-state index in [1.165, 1.54) is 23.5 Å². The number of benzene rings is 2. The van der Waals surface area contributed by atoms with Gasteiger partial charge in [-0.1, -0.05) is 26.0 Å². The van der Waals surface area contributed by atoms with Gasteiger partial charge in [-0.05, 0) is 56.4 Å². The number of hydrogen-bond donors (Lipinski definition) is 0. The van der Waals surface area contributed by atoms with Crippen LogP contribution in [0.3, 0.4) is 0 Å². The van der Waals surface area contributed by atoms with Gasteiger partial charge in [0.1, 0.15) is 17.3 Å². The molecule has 0 bridgehead atoms. The Labute approximate surface area is 210 Å². The number of rotatable bonds is 11. The highest BCUT2D eigenvalue weighted by atomic mass is 35.5. The smallest absolute Gasteiger partial charge is 0.263 e. The number of hydrogen-bond acceptors (Lipinski definition) is 6. The predicted molar refractivity (Wildman–Crippen MR) is 138 cm³/mol. The Morgan fingerprint density at radius 2 is 1.79 bits per heavy atom. The summed E-state index contributed by atoms with van der Waals surface area (Å²) in [6, 6.07) is 11.5. The number of methoxy groups -OCH3 is 2. The van der Waals surface area contributed by atoms with Gasteiger partial charge in [0, 0.05) is 17.5 Å². The minimum Gasteiger partial charge on any atom is -0.497 e. The van der Waals surface area contributed by atoms with E-state index in [9.17, 15) is 9.18 Å². The minimum atomic E-state index is -0.539. The van der Waals surface area contributed by atoms with Crippen LogP contribution in [0.4, 0.5) is 9.52 Å². The summed E-state index contributed by atoms with van der Waals surface area (Å²) in [4.78, 5) is 21.9. The fraction of sp³-hybridized carbons (Fsp3) is 0.360. The standard InChI is InChI=1S/C25H30FN3O3S.ClH/c1-5-28(6-2)14-9-15-29(24(30)19-10-7-8-11-21(19)26)25-27-22(17-33-25)20-16-18(31-3)12-13-23(20)32-4;/h7-8,10-13,16-17H,5-6,9,14-15H2,1-4H3;1H.